The van der Waals surface area contributed by atoms with E-state index in [1.54, 1.807) is 23.4 Å². The Morgan fingerprint density at radius 2 is 2.11 bits per heavy atom. The van der Waals surface area contributed by atoms with Crippen LogP contribution < -0.4 is 14.5 Å². The van der Waals surface area contributed by atoms with Gasteiger partial charge >= 0.3 is 0 Å². The van der Waals surface area contributed by atoms with Gasteiger partial charge in [-0.2, -0.15) is 0 Å². The third-order valence-electron chi connectivity index (χ3n) is 4.96. The summed E-state index contributed by atoms with van der Waals surface area (Å²) < 4.78 is 11.4. The quantitative estimate of drug-likeness (QED) is 0.808. The Balaban J connectivity index is 1.65. The lowest BCUT2D eigenvalue weighted by Gasteiger charge is -2.35. The number of fused-ring (bicyclic) bond motifs is 1. The summed E-state index contributed by atoms with van der Waals surface area (Å²) in [5, 5.41) is 0.517. The van der Waals surface area contributed by atoms with Crippen molar-refractivity contribution in [3.05, 3.63) is 47.2 Å². The maximum absolute atomic E-state index is 13.3. The highest BCUT2D eigenvalue weighted by atomic mass is 35.5. The molecule has 142 valence electrons. The van der Waals surface area contributed by atoms with Crippen molar-refractivity contribution in [1.29, 1.82) is 0 Å². The molecule has 0 radical (unpaired) electrons. The first-order valence-corrected chi connectivity index (χ1v) is 9.60. The van der Waals surface area contributed by atoms with Crippen LogP contribution in [-0.4, -0.2) is 49.8 Å². The minimum Gasteiger partial charge on any atom is -0.485 e. The summed E-state index contributed by atoms with van der Waals surface area (Å²) in [7, 11) is 0. The molecule has 3 heterocycles. The molecule has 7 heteroatoms. The van der Waals surface area contributed by atoms with Crippen LogP contribution in [-0.2, 0) is 4.74 Å². The monoisotopic (exact) mass is 387 g/mol. The number of anilines is 2. The number of halogens is 1. The lowest BCUT2D eigenvalue weighted by atomic mass is 10.1. The Kier molecular flexibility index (Phi) is 5.18. The van der Waals surface area contributed by atoms with Gasteiger partial charge in [0.2, 0.25) is 0 Å². The smallest absolute Gasteiger partial charge is 0.260 e. The average Bonchev–Trinajstić information content (AvgIpc) is 2.73. The molecule has 2 aromatic rings. The summed E-state index contributed by atoms with van der Waals surface area (Å²) >= 11 is 6.31. The minimum absolute atomic E-state index is 0.0864. The van der Waals surface area contributed by atoms with E-state index in [1.807, 2.05) is 25.1 Å². The van der Waals surface area contributed by atoms with Crippen LogP contribution in [0.1, 0.15) is 23.7 Å². The van der Waals surface area contributed by atoms with Gasteiger partial charge in [-0.05, 0) is 24.6 Å². The number of carbonyl (C=O) groups is 1. The lowest BCUT2D eigenvalue weighted by Crippen LogP contribution is -2.43. The largest absolute Gasteiger partial charge is 0.485 e. The van der Waals surface area contributed by atoms with Gasteiger partial charge in [-0.3, -0.25) is 9.78 Å². The van der Waals surface area contributed by atoms with Crippen LogP contribution in [0.25, 0.3) is 0 Å². The standard InChI is InChI=1S/C20H22ClN3O3/c1-2-16-13-24(18-5-3-4-17(21)19(18)27-16)20(25)14-10-15(12-22-11-14)23-6-8-26-9-7-23/h3-5,10-12,16H,2,6-9,13H2,1H3. The first kappa shape index (κ1) is 18.1. The summed E-state index contributed by atoms with van der Waals surface area (Å²) in [6.45, 7) is 5.50. The van der Waals surface area contributed by atoms with Gasteiger partial charge in [0.05, 0.1) is 47.9 Å². The third kappa shape index (κ3) is 3.59. The fourth-order valence-corrected chi connectivity index (χ4v) is 3.65. The van der Waals surface area contributed by atoms with Gasteiger partial charge in [0.15, 0.2) is 5.75 Å². The van der Waals surface area contributed by atoms with Crippen LogP contribution >= 0.6 is 11.6 Å². The van der Waals surface area contributed by atoms with E-state index in [2.05, 4.69) is 9.88 Å². The molecule has 2 aliphatic heterocycles. The third-order valence-corrected chi connectivity index (χ3v) is 5.25. The summed E-state index contributed by atoms with van der Waals surface area (Å²) in [4.78, 5) is 21.6. The van der Waals surface area contributed by atoms with Crippen molar-refractivity contribution in [2.24, 2.45) is 0 Å². The number of carbonyl (C=O) groups excluding carboxylic acids is 1. The first-order chi connectivity index (χ1) is 13.2. The van der Waals surface area contributed by atoms with Crippen LogP contribution in [0.5, 0.6) is 5.75 Å². The fraction of sp³-hybridized carbons (Fsp3) is 0.400. The number of amides is 1. The molecular weight excluding hydrogens is 366 g/mol. The van der Waals surface area contributed by atoms with Crippen LogP contribution in [0.4, 0.5) is 11.4 Å². The second-order valence-corrected chi connectivity index (χ2v) is 7.09. The number of hydrogen-bond donors (Lipinski definition) is 0. The molecule has 0 spiro atoms. The summed E-state index contributed by atoms with van der Waals surface area (Å²) in [6.07, 6.45) is 4.12. The van der Waals surface area contributed by atoms with E-state index in [0.717, 1.165) is 25.2 Å². The van der Waals surface area contributed by atoms with Crippen molar-refractivity contribution in [3.8, 4) is 5.75 Å². The second-order valence-electron chi connectivity index (χ2n) is 6.68. The maximum Gasteiger partial charge on any atom is 0.260 e. The predicted octanol–water partition coefficient (Wildman–Crippen LogP) is 3.39. The zero-order valence-corrected chi connectivity index (χ0v) is 16.0. The number of rotatable bonds is 3. The summed E-state index contributed by atoms with van der Waals surface area (Å²) in [6, 6.07) is 7.38. The average molecular weight is 388 g/mol. The number of nitrogens with zero attached hydrogens (tertiary/aromatic N) is 3. The number of para-hydroxylation sites is 1. The Bertz CT molecular complexity index is 839. The maximum atomic E-state index is 13.3. The highest BCUT2D eigenvalue weighted by Crippen LogP contribution is 2.40. The van der Waals surface area contributed by atoms with Crippen molar-refractivity contribution in [1.82, 2.24) is 4.98 Å². The van der Waals surface area contributed by atoms with Crippen LogP contribution in [0.2, 0.25) is 5.02 Å². The molecule has 1 fully saturated rings. The normalized spacial score (nSPS) is 19.4. The molecule has 6 nitrogen and oxygen atoms in total. The van der Waals surface area contributed by atoms with Gasteiger partial charge in [-0.1, -0.05) is 24.6 Å². The Morgan fingerprint density at radius 3 is 2.89 bits per heavy atom. The number of morpholine rings is 1. The van der Waals surface area contributed by atoms with E-state index in [0.29, 0.717) is 41.8 Å². The van der Waals surface area contributed by atoms with E-state index in [1.165, 1.54) is 0 Å². The molecule has 1 unspecified atom stereocenters. The lowest BCUT2D eigenvalue weighted by molar-refractivity contribution is 0.0954. The number of pyridine rings is 1. The highest BCUT2D eigenvalue weighted by Gasteiger charge is 2.31. The van der Waals surface area contributed by atoms with Gasteiger partial charge < -0.3 is 19.3 Å². The van der Waals surface area contributed by atoms with E-state index in [-0.39, 0.29) is 12.0 Å². The molecule has 1 amide bonds. The number of benzene rings is 1. The predicted molar refractivity (Wildman–Crippen MR) is 105 cm³/mol. The van der Waals surface area contributed by atoms with Crippen molar-refractivity contribution in [2.45, 2.75) is 19.4 Å². The molecule has 0 saturated carbocycles. The number of aromatic nitrogens is 1. The zero-order valence-electron chi connectivity index (χ0n) is 15.2. The van der Waals surface area contributed by atoms with Crippen molar-refractivity contribution >= 4 is 28.9 Å². The minimum atomic E-state index is -0.0946. The second kappa shape index (κ2) is 7.74. The van der Waals surface area contributed by atoms with Gasteiger partial charge in [0.25, 0.3) is 5.91 Å². The van der Waals surface area contributed by atoms with Crippen molar-refractivity contribution in [3.63, 3.8) is 0 Å². The highest BCUT2D eigenvalue weighted by molar-refractivity contribution is 6.32. The molecular formula is C20H22ClN3O3. The van der Waals surface area contributed by atoms with E-state index in [9.17, 15) is 4.79 Å². The molecule has 2 aliphatic rings. The van der Waals surface area contributed by atoms with E-state index >= 15 is 0 Å². The van der Waals surface area contributed by atoms with Crippen molar-refractivity contribution < 1.29 is 14.3 Å². The molecule has 4 rings (SSSR count). The van der Waals surface area contributed by atoms with Crippen LogP contribution in [0.15, 0.2) is 36.7 Å². The van der Waals surface area contributed by atoms with Gasteiger partial charge in [0, 0.05) is 19.3 Å². The summed E-state index contributed by atoms with van der Waals surface area (Å²) in [5.74, 6) is 0.478. The SMILES string of the molecule is CCC1CN(C(=O)c2cncc(N3CCOCC3)c2)c2cccc(Cl)c2O1. The Morgan fingerprint density at radius 1 is 1.30 bits per heavy atom. The number of hydrogen-bond acceptors (Lipinski definition) is 5. The van der Waals surface area contributed by atoms with E-state index < -0.39 is 0 Å². The van der Waals surface area contributed by atoms with Crippen LogP contribution in [0.3, 0.4) is 0 Å². The molecule has 0 N–H and O–H groups in total. The molecule has 0 aliphatic carbocycles. The zero-order chi connectivity index (χ0) is 18.8. The molecule has 1 atom stereocenters. The van der Waals surface area contributed by atoms with Gasteiger partial charge in [-0.15, -0.1) is 0 Å². The summed E-state index contributed by atoms with van der Waals surface area (Å²) in [5.41, 5.74) is 2.20. The van der Waals surface area contributed by atoms with Gasteiger partial charge in [0.1, 0.15) is 6.10 Å². The molecule has 1 saturated heterocycles. The van der Waals surface area contributed by atoms with Crippen LogP contribution in [0, 0.1) is 0 Å². The Labute approximate surface area is 163 Å². The molecule has 0 bridgehead atoms. The molecule has 1 aromatic carbocycles. The fourth-order valence-electron chi connectivity index (χ4n) is 3.43. The van der Waals surface area contributed by atoms with Crippen molar-refractivity contribution in [2.75, 3.05) is 42.6 Å². The topological polar surface area (TPSA) is 54.9 Å². The first-order valence-electron chi connectivity index (χ1n) is 9.22. The Hall–Kier alpha value is -2.31. The van der Waals surface area contributed by atoms with E-state index in [4.69, 9.17) is 21.1 Å². The molecule has 1 aromatic heterocycles. The molecule has 27 heavy (non-hydrogen) atoms. The number of ether oxygens (including phenoxy) is 2. The van der Waals surface area contributed by atoms with Gasteiger partial charge in [-0.25, -0.2) is 0 Å².